The zero-order valence-corrected chi connectivity index (χ0v) is 19.8. The Morgan fingerprint density at radius 1 is 1.00 bits per heavy atom. The van der Waals surface area contributed by atoms with Gasteiger partial charge in [-0.1, -0.05) is 39.8 Å². The highest BCUT2D eigenvalue weighted by molar-refractivity contribution is 6.13. The van der Waals surface area contributed by atoms with Crippen molar-refractivity contribution >= 4 is 17.3 Å². The minimum atomic E-state index is -0.683. The fraction of sp³-hybridized carbons (Fsp3) is 0.481. The lowest BCUT2D eigenvalue weighted by Gasteiger charge is -2.42. The number of pyridine rings is 1. The van der Waals surface area contributed by atoms with E-state index in [0.29, 0.717) is 36.2 Å². The highest BCUT2D eigenvalue weighted by Crippen LogP contribution is 2.46. The lowest BCUT2D eigenvalue weighted by Crippen LogP contribution is -2.34. The quantitative estimate of drug-likeness (QED) is 0.326. The first kappa shape index (κ1) is 22.4. The molecule has 2 aliphatic carbocycles. The molecule has 0 radical (unpaired) electrons. The maximum absolute atomic E-state index is 12.3. The molecule has 168 valence electrons. The Balaban J connectivity index is 1.74. The van der Waals surface area contributed by atoms with Crippen LogP contribution in [0.5, 0.6) is 0 Å². The van der Waals surface area contributed by atoms with Crippen LogP contribution >= 0.6 is 0 Å². The Labute approximate surface area is 190 Å². The molecule has 0 amide bonds. The number of nitrogens with zero attached hydrogens (tertiary/aromatic N) is 2. The number of ketones is 2. The zero-order valence-electron chi connectivity index (χ0n) is 19.8. The Kier molecular flexibility index (Phi) is 5.56. The van der Waals surface area contributed by atoms with Crippen LogP contribution in [0.2, 0.25) is 0 Å². The molecule has 1 fully saturated rings. The van der Waals surface area contributed by atoms with Crippen LogP contribution in [0.1, 0.15) is 99.2 Å². The molecule has 32 heavy (non-hydrogen) atoms. The molecule has 4 rings (SSSR count). The first-order valence-corrected chi connectivity index (χ1v) is 11.5. The Morgan fingerprint density at radius 2 is 1.59 bits per heavy atom. The van der Waals surface area contributed by atoms with Crippen molar-refractivity contribution in [2.45, 2.75) is 83.5 Å². The van der Waals surface area contributed by atoms with E-state index in [4.69, 9.17) is 5.84 Å². The van der Waals surface area contributed by atoms with Gasteiger partial charge in [0.2, 0.25) is 0 Å². The summed E-state index contributed by atoms with van der Waals surface area (Å²) in [5, 5.41) is 4.11. The van der Waals surface area contributed by atoms with Crippen molar-refractivity contribution in [3.05, 3.63) is 64.0 Å². The van der Waals surface area contributed by atoms with Gasteiger partial charge in [-0.3, -0.25) is 14.6 Å². The summed E-state index contributed by atoms with van der Waals surface area (Å²) in [5.41, 5.74) is 6.95. The van der Waals surface area contributed by atoms with Crippen LogP contribution in [0.15, 0.2) is 35.6 Å². The van der Waals surface area contributed by atoms with Crippen LogP contribution < -0.4 is 5.84 Å². The number of fused-ring (bicyclic) bond motifs is 1. The zero-order chi connectivity index (χ0) is 23.3. The van der Waals surface area contributed by atoms with Gasteiger partial charge in [-0.2, -0.15) is 5.10 Å². The fourth-order valence-corrected chi connectivity index (χ4v) is 5.24. The third-order valence-electron chi connectivity index (χ3n) is 7.43. The van der Waals surface area contributed by atoms with Crippen molar-refractivity contribution < 1.29 is 9.59 Å². The SMILES string of the molecule is Cc1cc2c(cc1/C(=N/N)c1ccc(C3C(=O)CCCC3=O)cn1)C(C)(C)CCC2(C)C. The molecule has 1 aromatic heterocycles. The van der Waals surface area contributed by atoms with Crippen molar-refractivity contribution in [1.29, 1.82) is 0 Å². The molecule has 5 heteroatoms. The average molecular weight is 432 g/mol. The van der Waals surface area contributed by atoms with E-state index in [1.165, 1.54) is 11.1 Å². The monoisotopic (exact) mass is 431 g/mol. The van der Waals surface area contributed by atoms with E-state index in [2.05, 4.69) is 56.8 Å². The number of benzene rings is 1. The maximum atomic E-state index is 12.3. The second-order valence-electron chi connectivity index (χ2n) is 10.7. The predicted octanol–water partition coefficient (Wildman–Crippen LogP) is 4.86. The number of carbonyl (C=O) groups excluding carboxylic acids is 2. The number of aromatic nitrogens is 1. The molecular formula is C27H33N3O2. The summed E-state index contributed by atoms with van der Waals surface area (Å²) in [6, 6.07) is 8.16. The lowest BCUT2D eigenvalue weighted by molar-refractivity contribution is -0.131. The van der Waals surface area contributed by atoms with Crippen molar-refractivity contribution in [3.8, 4) is 0 Å². The van der Waals surface area contributed by atoms with Gasteiger partial charge in [-0.25, -0.2) is 0 Å². The molecule has 0 spiro atoms. The minimum Gasteiger partial charge on any atom is -0.323 e. The lowest BCUT2D eigenvalue weighted by atomic mass is 9.62. The highest BCUT2D eigenvalue weighted by atomic mass is 16.2. The largest absolute Gasteiger partial charge is 0.323 e. The molecule has 5 nitrogen and oxygen atoms in total. The normalized spacial score (nSPS) is 20.8. The fourth-order valence-electron chi connectivity index (χ4n) is 5.24. The smallest absolute Gasteiger partial charge is 0.147 e. The molecule has 2 aliphatic rings. The van der Waals surface area contributed by atoms with Crippen LogP contribution in [0.25, 0.3) is 0 Å². The summed E-state index contributed by atoms with van der Waals surface area (Å²) >= 11 is 0. The number of carbonyl (C=O) groups is 2. The molecular weight excluding hydrogens is 398 g/mol. The molecule has 2 aromatic rings. The third-order valence-corrected chi connectivity index (χ3v) is 7.43. The van der Waals surface area contributed by atoms with Gasteiger partial charge in [0.1, 0.15) is 23.2 Å². The second kappa shape index (κ2) is 7.95. The van der Waals surface area contributed by atoms with Gasteiger partial charge >= 0.3 is 0 Å². The van der Waals surface area contributed by atoms with E-state index < -0.39 is 5.92 Å². The predicted molar refractivity (Wildman–Crippen MR) is 127 cm³/mol. The van der Waals surface area contributed by atoms with E-state index in [1.807, 2.05) is 12.1 Å². The average Bonchev–Trinajstić information content (AvgIpc) is 2.74. The first-order chi connectivity index (χ1) is 15.0. The topological polar surface area (TPSA) is 85.4 Å². The van der Waals surface area contributed by atoms with Crippen LogP contribution in [0.3, 0.4) is 0 Å². The summed E-state index contributed by atoms with van der Waals surface area (Å²) in [6.07, 6.45) is 5.47. The van der Waals surface area contributed by atoms with Gasteiger partial charge in [0, 0.05) is 24.6 Å². The number of hydrogen-bond donors (Lipinski definition) is 1. The minimum absolute atomic E-state index is 0.0149. The molecule has 0 saturated heterocycles. The molecule has 1 saturated carbocycles. The molecule has 1 heterocycles. The number of rotatable bonds is 3. The van der Waals surface area contributed by atoms with Crippen LogP contribution in [-0.2, 0) is 20.4 Å². The number of Topliss-reactive ketones (excluding diaryl/α,β-unsaturated/α-hetero) is 2. The molecule has 0 atom stereocenters. The van der Waals surface area contributed by atoms with Crippen LogP contribution in [0, 0.1) is 6.92 Å². The van der Waals surface area contributed by atoms with Gasteiger partial charge < -0.3 is 5.84 Å². The van der Waals surface area contributed by atoms with Gasteiger partial charge in [-0.05, 0) is 71.4 Å². The van der Waals surface area contributed by atoms with E-state index in [0.717, 1.165) is 24.0 Å². The summed E-state index contributed by atoms with van der Waals surface area (Å²) in [5.74, 6) is 5.15. The summed E-state index contributed by atoms with van der Waals surface area (Å²) < 4.78 is 0. The van der Waals surface area contributed by atoms with E-state index in [-0.39, 0.29) is 22.4 Å². The van der Waals surface area contributed by atoms with E-state index >= 15 is 0 Å². The third kappa shape index (κ3) is 3.78. The highest BCUT2D eigenvalue weighted by Gasteiger charge is 2.38. The molecule has 0 bridgehead atoms. The van der Waals surface area contributed by atoms with Crippen LogP contribution in [0.4, 0.5) is 0 Å². The number of aryl methyl sites for hydroxylation is 1. The summed E-state index contributed by atoms with van der Waals surface area (Å²) in [7, 11) is 0. The van der Waals surface area contributed by atoms with Gasteiger partial charge in [0.25, 0.3) is 0 Å². The molecule has 0 aliphatic heterocycles. The molecule has 1 aromatic carbocycles. The van der Waals surface area contributed by atoms with Gasteiger partial charge in [0.15, 0.2) is 0 Å². The van der Waals surface area contributed by atoms with Crippen molar-refractivity contribution in [1.82, 2.24) is 4.98 Å². The van der Waals surface area contributed by atoms with Gasteiger partial charge in [-0.15, -0.1) is 0 Å². The second-order valence-corrected chi connectivity index (χ2v) is 10.7. The number of hydrogen-bond acceptors (Lipinski definition) is 5. The summed E-state index contributed by atoms with van der Waals surface area (Å²) in [6.45, 7) is 11.3. The Hall–Kier alpha value is -2.82. The van der Waals surface area contributed by atoms with Gasteiger partial charge in [0.05, 0.1) is 5.69 Å². The maximum Gasteiger partial charge on any atom is 0.147 e. The van der Waals surface area contributed by atoms with Crippen molar-refractivity contribution in [3.63, 3.8) is 0 Å². The molecule has 0 unspecified atom stereocenters. The van der Waals surface area contributed by atoms with Crippen molar-refractivity contribution in [2.75, 3.05) is 0 Å². The standard InChI is InChI=1S/C27H33N3O2/c1-16-13-19-20(27(4,5)12-11-26(19,2)3)14-18(16)25(30-28)21-10-9-17(15-29-21)24-22(31)7-6-8-23(24)32/h9-10,13-15,24H,6-8,11-12,28H2,1-5H3/b30-25-. The number of hydrazone groups is 1. The van der Waals surface area contributed by atoms with Crippen molar-refractivity contribution in [2.24, 2.45) is 10.9 Å². The van der Waals surface area contributed by atoms with E-state index in [1.54, 1.807) is 6.20 Å². The molecule has 2 N–H and O–H groups in total. The Bertz CT molecular complexity index is 1090. The van der Waals surface area contributed by atoms with Crippen LogP contribution in [-0.4, -0.2) is 22.3 Å². The Morgan fingerprint density at radius 3 is 2.12 bits per heavy atom. The van der Waals surface area contributed by atoms with E-state index in [9.17, 15) is 9.59 Å². The number of nitrogens with two attached hydrogens (primary N) is 1. The summed E-state index contributed by atoms with van der Waals surface area (Å²) in [4.78, 5) is 29.2. The first-order valence-electron chi connectivity index (χ1n) is 11.5.